The van der Waals surface area contributed by atoms with Crippen molar-refractivity contribution in [2.45, 2.75) is 57.7 Å². The van der Waals surface area contributed by atoms with Crippen LogP contribution in [0.5, 0.6) is 11.5 Å². The number of fused-ring (bicyclic) bond motifs is 3. The van der Waals surface area contributed by atoms with Crippen LogP contribution in [0.4, 0.5) is 0 Å². The number of piperazine rings is 1. The van der Waals surface area contributed by atoms with Crippen molar-refractivity contribution in [1.29, 1.82) is 0 Å². The molecule has 0 unspecified atom stereocenters. The Hall–Kier alpha value is -1.26. The van der Waals surface area contributed by atoms with E-state index in [2.05, 4.69) is 42.8 Å². The van der Waals surface area contributed by atoms with Crippen LogP contribution in [0, 0.1) is 5.92 Å². The predicted octanol–water partition coefficient (Wildman–Crippen LogP) is 3.50. The Bertz CT molecular complexity index is 627. The van der Waals surface area contributed by atoms with E-state index < -0.39 is 0 Å². The van der Waals surface area contributed by atoms with Gasteiger partial charge in [-0.15, -0.1) is 0 Å². The average molecular weight is 344 g/mol. The van der Waals surface area contributed by atoms with E-state index in [0.29, 0.717) is 18.2 Å². The lowest BCUT2D eigenvalue weighted by Crippen LogP contribution is -2.55. The molecule has 2 atom stereocenters. The summed E-state index contributed by atoms with van der Waals surface area (Å²) in [6.45, 7) is 8.11. The van der Waals surface area contributed by atoms with Gasteiger partial charge < -0.3 is 14.4 Å². The van der Waals surface area contributed by atoms with Crippen LogP contribution in [-0.4, -0.2) is 55.7 Å². The molecule has 0 spiro atoms. The lowest BCUT2D eigenvalue weighted by Gasteiger charge is -2.48. The smallest absolute Gasteiger partial charge is 0.161 e. The molecule has 1 aliphatic carbocycles. The SMILES string of the molecule is COc1cc2c(cc1OC1CC1)CCN1C[C@@H](CC(C)C)N(C)C[C@@H]21. The summed E-state index contributed by atoms with van der Waals surface area (Å²) < 4.78 is 11.7. The third kappa shape index (κ3) is 3.52. The van der Waals surface area contributed by atoms with Crippen molar-refractivity contribution >= 4 is 0 Å². The number of likely N-dealkylation sites (N-methyl/N-ethyl adjacent to an activating group) is 1. The maximum Gasteiger partial charge on any atom is 0.161 e. The average Bonchev–Trinajstić information content (AvgIpc) is 3.38. The summed E-state index contributed by atoms with van der Waals surface area (Å²) in [5.74, 6) is 2.60. The highest BCUT2D eigenvalue weighted by Crippen LogP contribution is 2.42. The lowest BCUT2D eigenvalue weighted by atomic mass is 9.88. The van der Waals surface area contributed by atoms with Crippen LogP contribution in [0.1, 0.15) is 50.3 Å². The van der Waals surface area contributed by atoms with Gasteiger partial charge in [0, 0.05) is 31.7 Å². The Labute approximate surface area is 152 Å². The van der Waals surface area contributed by atoms with Gasteiger partial charge in [0.1, 0.15) is 0 Å². The zero-order valence-electron chi connectivity index (χ0n) is 16.1. The molecule has 2 heterocycles. The molecule has 0 N–H and O–H groups in total. The molecule has 2 aliphatic heterocycles. The van der Waals surface area contributed by atoms with Crippen molar-refractivity contribution < 1.29 is 9.47 Å². The molecule has 0 amide bonds. The zero-order valence-corrected chi connectivity index (χ0v) is 16.1. The van der Waals surface area contributed by atoms with Gasteiger partial charge >= 0.3 is 0 Å². The fraction of sp³-hybridized carbons (Fsp3) is 0.714. The van der Waals surface area contributed by atoms with Gasteiger partial charge in [0.25, 0.3) is 0 Å². The fourth-order valence-electron chi connectivity index (χ4n) is 4.44. The molecule has 4 heteroatoms. The van der Waals surface area contributed by atoms with Gasteiger partial charge in [-0.05, 0) is 61.9 Å². The molecule has 1 saturated heterocycles. The summed E-state index contributed by atoms with van der Waals surface area (Å²) in [6, 6.07) is 5.67. The van der Waals surface area contributed by atoms with E-state index in [1.165, 1.54) is 36.9 Å². The van der Waals surface area contributed by atoms with Crippen molar-refractivity contribution in [1.82, 2.24) is 9.80 Å². The van der Waals surface area contributed by atoms with E-state index >= 15 is 0 Å². The quantitative estimate of drug-likeness (QED) is 0.816. The normalized spacial score (nSPS) is 27.1. The van der Waals surface area contributed by atoms with Crippen molar-refractivity contribution in [2.75, 3.05) is 33.8 Å². The maximum atomic E-state index is 6.08. The number of ether oxygens (including phenoxy) is 2. The van der Waals surface area contributed by atoms with Crippen LogP contribution in [0.15, 0.2) is 12.1 Å². The molecule has 0 bridgehead atoms. The molecule has 0 radical (unpaired) electrons. The second-order valence-corrected chi connectivity index (χ2v) is 8.50. The van der Waals surface area contributed by atoms with E-state index in [0.717, 1.165) is 36.9 Å². The molecular weight excluding hydrogens is 312 g/mol. The summed E-state index contributed by atoms with van der Waals surface area (Å²) >= 11 is 0. The standard InChI is InChI=1S/C21H32N2O2/c1-14(2)9-16-12-23-8-7-15-10-21(25-17-5-6-17)20(24-4)11-18(15)19(23)13-22(16)3/h10-11,14,16-17,19H,5-9,12-13H2,1-4H3/t16-,19+/m1/s1. The van der Waals surface area contributed by atoms with Gasteiger partial charge in [-0.25, -0.2) is 0 Å². The molecule has 1 aromatic carbocycles. The number of benzene rings is 1. The van der Waals surface area contributed by atoms with Crippen molar-refractivity contribution in [3.05, 3.63) is 23.3 Å². The Kier molecular flexibility index (Phi) is 4.67. The predicted molar refractivity (Wildman–Crippen MR) is 101 cm³/mol. The van der Waals surface area contributed by atoms with Gasteiger partial charge in [0.2, 0.25) is 0 Å². The number of hydrogen-bond acceptors (Lipinski definition) is 4. The van der Waals surface area contributed by atoms with Crippen molar-refractivity contribution in [2.24, 2.45) is 5.92 Å². The Morgan fingerprint density at radius 1 is 1.16 bits per heavy atom. The minimum Gasteiger partial charge on any atom is -0.493 e. The highest BCUT2D eigenvalue weighted by atomic mass is 16.5. The van der Waals surface area contributed by atoms with E-state index in [1.54, 1.807) is 7.11 Å². The first-order chi connectivity index (χ1) is 12.0. The van der Waals surface area contributed by atoms with Crippen LogP contribution in [0.3, 0.4) is 0 Å². The van der Waals surface area contributed by atoms with Crippen LogP contribution < -0.4 is 9.47 Å². The third-order valence-electron chi connectivity index (χ3n) is 5.98. The summed E-state index contributed by atoms with van der Waals surface area (Å²) in [5.41, 5.74) is 2.90. The molecule has 138 valence electrons. The maximum absolute atomic E-state index is 6.08. The van der Waals surface area contributed by atoms with Crippen molar-refractivity contribution in [3.63, 3.8) is 0 Å². The molecule has 0 aromatic heterocycles. The third-order valence-corrected chi connectivity index (χ3v) is 5.98. The number of methoxy groups -OCH3 is 1. The zero-order chi connectivity index (χ0) is 17.6. The first kappa shape index (κ1) is 17.2. The van der Waals surface area contributed by atoms with E-state index in [-0.39, 0.29) is 0 Å². The van der Waals surface area contributed by atoms with Gasteiger partial charge in [-0.3, -0.25) is 4.90 Å². The highest BCUT2D eigenvalue weighted by Gasteiger charge is 2.37. The largest absolute Gasteiger partial charge is 0.493 e. The van der Waals surface area contributed by atoms with E-state index in [1.807, 2.05) is 0 Å². The summed E-state index contributed by atoms with van der Waals surface area (Å²) in [4.78, 5) is 5.26. The first-order valence-electron chi connectivity index (χ1n) is 9.87. The Balaban J connectivity index is 1.58. The van der Waals surface area contributed by atoms with Gasteiger partial charge in [-0.1, -0.05) is 13.8 Å². The van der Waals surface area contributed by atoms with E-state index in [9.17, 15) is 0 Å². The fourth-order valence-corrected chi connectivity index (χ4v) is 4.44. The first-order valence-corrected chi connectivity index (χ1v) is 9.87. The highest BCUT2D eigenvalue weighted by molar-refractivity contribution is 5.50. The molecule has 25 heavy (non-hydrogen) atoms. The molecule has 2 fully saturated rings. The van der Waals surface area contributed by atoms with Crippen LogP contribution in [-0.2, 0) is 6.42 Å². The summed E-state index contributed by atoms with van der Waals surface area (Å²) in [5, 5.41) is 0. The molecule has 3 aliphatic rings. The summed E-state index contributed by atoms with van der Waals surface area (Å²) in [7, 11) is 4.05. The summed E-state index contributed by atoms with van der Waals surface area (Å²) in [6.07, 6.45) is 5.17. The van der Waals surface area contributed by atoms with Gasteiger partial charge in [-0.2, -0.15) is 0 Å². The molecule has 1 saturated carbocycles. The second-order valence-electron chi connectivity index (χ2n) is 8.50. The molecule has 1 aromatic rings. The Morgan fingerprint density at radius 2 is 1.96 bits per heavy atom. The molecule has 4 rings (SSSR count). The van der Waals surface area contributed by atoms with Crippen LogP contribution >= 0.6 is 0 Å². The number of nitrogens with zero attached hydrogens (tertiary/aromatic N) is 2. The Morgan fingerprint density at radius 3 is 2.64 bits per heavy atom. The second kappa shape index (κ2) is 6.81. The lowest BCUT2D eigenvalue weighted by molar-refractivity contribution is 0.0294. The van der Waals surface area contributed by atoms with Gasteiger partial charge in [0.15, 0.2) is 11.5 Å². The number of hydrogen-bond donors (Lipinski definition) is 0. The minimum atomic E-state index is 0.407. The van der Waals surface area contributed by atoms with E-state index in [4.69, 9.17) is 9.47 Å². The van der Waals surface area contributed by atoms with Crippen LogP contribution in [0.25, 0.3) is 0 Å². The molecular formula is C21H32N2O2. The monoisotopic (exact) mass is 344 g/mol. The molecule has 4 nitrogen and oxygen atoms in total. The van der Waals surface area contributed by atoms with Gasteiger partial charge in [0.05, 0.1) is 13.2 Å². The van der Waals surface area contributed by atoms with Crippen molar-refractivity contribution in [3.8, 4) is 11.5 Å². The topological polar surface area (TPSA) is 24.9 Å². The number of rotatable bonds is 5. The minimum absolute atomic E-state index is 0.407. The van der Waals surface area contributed by atoms with Crippen LogP contribution in [0.2, 0.25) is 0 Å².